The van der Waals surface area contributed by atoms with E-state index in [0.29, 0.717) is 0 Å². The van der Waals surface area contributed by atoms with Gasteiger partial charge in [0.2, 0.25) is 11.8 Å². The predicted octanol–water partition coefficient (Wildman–Crippen LogP) is 4.35. The van der Waals surface area contributed by atoms with Crippen molar-refractivity contribution in [2.75, 3.05) is 5.32 Å². The molecule has 0 spiro atoms. The monoisotopic (exact) mass is 384 g/mol. The Kier molecular flexibility index (Phi) is 4.81. The molecule has 0 bridgehead atoms. The van der Waals surface area contributed by atoms with Gasteiger partial charge in [-0.2, -0.15) is 0 Å². The first kappa shape index (κ1) is 16.5. The number of benzene rings is 2. The van der Waals surface area contributed by atoms with Crippen LogP contribution in [0.4, 0.5) is 5.69 Å². The molecular weight excluding hydrogens is 368 g/mol. The number of anilines is 1. The third-order valence-corrected chi connectivity index (χ3v) is 4.45. The smallest absolute Gasteiger partial charge is 0.226 e. The Hall–Kier alpha value is -2.40. The number of halogens is 1. The van der Waals surface area contributed by atoms with Crippen LogP contribution in [0, 0.1) is 0 Å². The van der Waals surface area contributed by atoms with Crippen molar-refractivity contribution < 1.29 is 9.59 Å². The average Bonchev–Trinajstić information content (AvgIpc) is 2.54. The quantitative estimate of drug-likeness (QED) is 0.854. The Morgan fingerprint density at radius 3 is 2.71 bits per heavy atom. The van der Waals surface area contributed by atoms with Gasteiger partial charge in [0.05, 0.1) is 12.5 Å². The normalized spacial score (nSPS) is 15.8. The van der Waals surface area contributed by atoms with Crippen molar-refractivity contribution in [2.24, 2.45) is 0 Å². The standard InChI is InChI=1S/C19H17BrN2O2/c1-13(23)22-10-9-14-5-2-3-8-17(14)18(22)12-19(24)21-16-7-4-6-15(20)11-16/h2-11,18H,12H2,1H3,(H,21,24)/t18-/m1/s1. The molecular formula is C19H17BrN2O2. The number of nitrogens with zero attached hydrogens (tertiary/aromatic N) is 1. The minimum Gasteiger partial charge on any atom is -0.326 e. The van der Waals surface area contributed by atoms with Crippen molar-refractivity contribution >= 4 is 39.5 Å². The number of hydrogen-bond acceptors (Lipinski definition) is 2. The Balaban J connectivity index is 1.82. The van der Waals surface area contributed by atoms with Gasteiger partial charge in [0.25, 0.3) is 0 Å². The summed E-state index contributed by atoms with van der Waals surface area (Å²) < 4.78 is 0.900. The van der Waals surface area contributed by atoms with Gasteiger partial charge in [0.15, 0.2) is 0 Å². The second-order valence-electron chi connectivity index (χ2n) is 5.65. The van der Waals surface area contributed by atoms with Crippen molar-refractivity contribution in [3.8, 4) is 0 Å². The molecule has 1 heterocycles. The summed E-state index contributed by atoms with van der Waals surface area (Å²) in [5.41, 5.74) is 2.75. The minimum atomic E-state index is -0.296. The summed E-state index contributed by atoms with van der Waals surface area (Å²) in [7, 11) is 0. The van der Waals surface area contributed by atoms with Gasteiger partial charge in [-0.1, -0.05) is 46.3 Å². The molecule has 1 atom stereocenters. The molecule has 3 rings (SSSR count). The summed E-state index contributed by atoms with van der Waals surface area (Å²) >= 11 is 3.39. The van der Waals surface area contributed by atoms with E-state index in [1.807, 2.05) is 54.6 Å². The summed E-state index contributed by atoms with van der Waals surface area (Å²) in [4.78, 5) is 26.0. The van der Waals surface area contributed by atoms with Gasteiger partial charge in [-0.3, -0.25) is 9.59 Å². The van der Waals surface area contributed by atoms with Crippen LogP contribution in [0.25, 0.3) is 6.08 Å². The van der Waals surface area contributed by atoms with Crippen LogP contribution in [0.5, 0.6) is 0 Å². The lowest BCUT2D eigenvalue weighted by molar-refractivity contribution is -0.129. The van der Waals surface area contributed by atoms with Gasteiger partial charge >= 0.3 is 0 Å². The van der Waals surface area contributed by atoms with Crippen molar-refractivity contribution in [1.82, 2.24) is 4.90 Å². The van der Waals surface area contributed by atoms with Gasteiger partial charge in [-0.05, 0) is 35.4 Å². The molecule has 2 aromatic rings. The van der Waals surface area contributed by atoms with E-state index < -0.39 is 0 Å². The molecule has 0 unspecified atom stereocenters. The van der Waals surface area contributed by atoms with Crippen molar-refractivity contribution in [2.45, 2.75) is 19.4 Å². The average molecular weight is 385 g/mol. The Morgan fingerprint density at radius 1 is 1.17 bits per heavy atom. The Labute approximate surface area is 149 Å². The Morgan fingerprint density at radius 2 is 1.96 bits per heavy atom. The van der Waals surface area contributed by atoms with Crippen molar-refractivity contribution in [3.05, 3.63) is 70.3 Å². The molecule has 1 aliphatic heterocycles. The molecule has 24 heavy (non-hydrogen) atoms. The third kappa shape index (κ3) is 3.57. The fraction of sp³-hybridized carbons (Fsp3) is 0.158. The first-order valence-electron chi connectivity index (χ1n) is 7.66. The van der Waals surface area contributed by atoms with E-state index in [1.165, 1.54) is 6.92 Å². The highest BCUT2D eigenvalue weighted by Gasteiger charge is 2.28. The fourth-order valence-electron chi connectivity index (χ4n) is 2.87. The fourth-order valence-corrected chi connectivity index (χ4v) is 3.27. The zero-order valence-electron chi connectivity index (χ0n) is 13.2. The third-order valence-electron chi connectivity index (χ3n) is 3.96. The maximum Gasteiger partial charge on any atom is 0.226 e. The lowest BCUT2D eigenvalue weighted by Crippen LogP contribution is -2.33. The molecule has 1 aliphatic rings. The molecule has 0 aromatic heterocycles. The highest BCUT2D eigenvalue weighted by Crippen LogP contribution is 2.33. The van der Waals surface area contributed by atoms with Gasteiger partial charge < -0.3 is 10.2 Å². The van der Waals surface area contributed by atoms with E-state index in [1.54, 1.807) is 11.1 Å². The number of fused-ring (bicyclic) bond motifs is 1. The Bertz CT molecular complexity index is 817. The van der Waals surface area contributed by atoms with Crippen molar-refractivity contribution in [3.63, 3.8) is 0 Å². The number of hydrogen-bond donors (Lipinski definition) is 1. The summed E-state index contributed by atoms with van der Waals surface area (Å²) in [6.45, 7) is 1.51. The molecule has 4 nitrogen and oxygen atoms in total. The topological polar surface area (TPSA) is 49.4 Å². The summed E-state index contributed by atoms with van der Waals surface area (Å²) in [5.74, 6) is -0.213. The molecule has 5 heteroatoms. The van der Waals surface area contributed by atoms with Crippen LogP contribution in [-0.2, 0) is 9.59 Å². The molecule has 0 radical (unpaired) electrons. The molecule has 0 saturated heterocycles. The summed E-state index contributed by atoms with van der Waals surface area (Å²) in [6, 6.07) is 15.0. The lowest BCUT2D eigenvalue weighted by Gasteiger charge is -2.32. The zero-order valence-corrected chi connectivity index (χ0v) is 14.8. The molecule has 2 aromatic carbocycles. The second kappa shape index (κ2) is 7.01. The number of rotatable bonds is 3. The highest BCUT2D eigenvalue weighted by molar-refractivity contribution is 9.10. The number of amides is 2. The molecule has 0 fully saturated rings. The largest absolute Gasteiger partial charge is 0.326 e. The molecule has 1 N–H and O–H groups in total. The van der Waals surface area contributed by atoms with Crippen LogP contribution in [0.1, 0.15) is 30.5 Å². The van der Waals surface area contributed by atoms with Crippen molar-refractivity contribution in [1.29, 1.82) is 0 Å². The zero-order chi connectivity index (χ0) is 17.1. The van der Waals surface area contributed by atoms with Crippen LogP contribution in [0.2, 0.25) is 0 Å². The van der Waals surface area contributed by atoms with Crippen LogP contribution < -0.4 is 5.32 Å². The second-order valence-corrected chi connectivity index (χ2v) is 6.57. The maximum atomic E-state index is 12.5. The summed E-state index contributed by atoms with van der Waals surface area (Å²) in [5, 5.41) is 2.89. The SMILES string of the molecule is CC(=O)N1C=Cc2ccccc2[C@H]1CC(=O)Nc1cccc(Br)c1. The highest BCUT2D eigenvalue weighted by atomic mass is 79.9. The number of carbonyl (C=O) groups excluding carboxylic acids is 2. The van der Waals surface area contributed by atoms with E-state index in [4.69, 9.17) is 0 Å². The van der Waals surface area contributed by atoms with Gasteiger partial charge in [0, 0.05) is 23.3 Å². The van der Waals surface area contributed by atoms with Gasteiger partial charge in [-0.25, -0.2) is 0 Å². The van der Waals surface area contributed by atoms with E-state index in [-0.39, 0.29) is 24.3 Å². The molecule has 122 valence electrons. The van der Waals surface area contributed by atoms with Crippen LogP contribution in [-0.4, -0.2) is 16.7 Å². The summed E-state index contributed by atoms with van der Waals surface area (Å²) in [6.07, 6.45) is 3.86. The number of carbonyl (C=O) groups is 2. The molecule has 0 saturated carbocycles. The van der Waals surface area contributed by atoms with E-state index in [0.717, 1.165) is 21.3 Å². The molecule has 2 amide bonds. The van der Waals surface area contributed by atoms with Crippen LogP contribution >= 0.6 is 15.9 Å². The lowest BCUT2D eigenvalue weighted by atomic mass is 9.93. The van der Waals surface area contributed by atoms with Gasteiger partial charge in [-0.15, -0.1) is 0 Å². The maximum absolute atomic E-state index is 12.5. The van der Waals surface area contributed by atoms with Crippen LogP contribution in [0.15, 0.2) is 59.2 Å². The first-order valence-corrected chi connectivity index (χ1v) is 8.45. The van der Waals surface area contributed by atoms with Crippen LogP contribution in [0.3, 0.4) is 0 Å². The minimum absolute atomic E-state index is 0.0824. The first-order chi connectivity index (χ1) is 11.5. The van der Waals surface area contributed by atoms with Gasteiger partial charge in [0.1, 0.15) is 0 Å². The predicted molar refractivity (Wildman–Crippen MR) is 98.1 cm³/mol. The molecule has 0 aliphatic carbocycles. The van der Waals surface area contributed by atoms with E-state index in [2.05, 4.69) is 21.2 Å². The van der Waals surface area contributed by atoms with E-state index in [9.17, 15) is 9.59 Å². The number of nitrogens with one attached hydrogen (secondary N) is 1. The van der Waals surface area contributed by atoms with E-state index >= 15 is 0 Å².